The smallest absolute Gasteiger partial charge is 0.243 e. The number of anilines is 1. The largest absolute Gasteiger partial charge is 0.336 e. The van der Waals surface area contributed by atoms with Crippen molar-refractivity contribution in [3.63, 3.8) is 0 Å². The standard InChI is InChI=1S/C18H22ClN3O2/c1-3-9-22-10-7-14(8-11-22)18(24)21(2)13-17(23)20-16-6-4-5-15(19)12-16/h1,4-6,12,14H,7-11,13H2,2H3,(H,20,23). The maximum absolute atomic E-state index is 12.5. The molecule has 0 atom stereocenters. The van der Waals surface area contributed by atoms with Crippen LogP contribution >= 0.6 is 11.6 Å². The molecule has 1 aromatic rings. The number of hydrogen-bond acceptors (Lipinski definition) is 3. The van der Waals surface area contributed by atoms with Gasteiger partial charge in [-0.25, -0.2) is 0 Å². The number of nitrogens with zero attached hydrogens (tertiary/aromatic N) is 2. The Morgan fingerprint density at radius 2 is 2.12 bits per heavy atom. The van der Waals surface area contributed by atoms with Gasteiger partial charge in [0.2, 0.25) is 11.8 Å². The molecule has 2 rings (SSSR count). The maximum Gasteiger partial charge on any atom is 0.243 e. The summed E-state index contributed by atoms with van der Waals surface area (Å²) < 4.78 is 0. The van der Waals surface area contributed by atoms with E-state index in [1.165, 1.54) is 4.90 Å². The number of likely N-dealkylation sites (tertiary alicyclic amines) is 1. The van der Waals surface area contributed by atoms with Crippen molar-refractivity contribution < 1.29 is 9.59 Å². The summed E-state index contributed by atoms with van der Waals surface area (Å²) in [5.74, 6) is 2.36. The third-order valence-corrected chi connectivity index (χ3v) is 4.35. The van der Waals surface area contributed by atoms with Crippen molar-refractivity contribution in [1.29, 1.82) is 0 Å². The number of carbonyl (C=O) groups excluding carboxylic acids is 2. The summed E-state index contributed by atoms with van der Waals surface area (Å²) in [6.07, 6.45) is 6.87. The highest BCUT2D eigenvalue weighted by Gasteiger charge is 2.27. The highest BCUT2D eigenvalue weighted by atomic mass is 35.5. The number of terminal acetylenes is 1. The minimum Gasteiger partial charge on any atom is -0.336 e. The van der Waals surface area contributed by atoms with E-state index in [-0.39, 0.29) is 24.3 Å². The summed E-state index contributed by atoms with van der Waals surface area (Å²) in [4.78, 5) is 28.2. The molecular formula is C18H22ClN3O2. The normalized spacial score (nSPS) is 15.5. The van der Waals surface area contributed by atoms with Gasteiger partial charge in [0.05, 0.1) is 13.1 Å². The first-order valence-corrected chi connectivity index (χ1v) is 8.33. The first kappa shape index (κ1) is 18.3. The summed E-state index contributed by atoms with van der Waals surface area (Å²) >= 11 is 5.89. The predicted molar refractivity (Wildman–Crippen MR) is 95.7 cm³/mol. The van der Waals surface area contributed by atoms with Crippen LogP contribution in [0.15, 0.2) is 24.3 Å². The monoisotopic (exact) mass is 347 g/mol. The Kier molecular flexibility index (Phi) is 6.65. The quantitative estimate of drug-likeness (QED) is 0.830. The Bertz CT molecular complexity index is 633. The van der Waals surface area contributed by atoms with Crippen molar-refractivity contribution in [3.05, 3.63) is 29.3 Å². The number of nitrogens with one attached hydrogen (secondary N) is 1. The molecule has 1 heterocycles. The second kappa shape index (κ2) is 8.72. The van der Waals surface area contributed by atoms with E-state index in [1.54, 1.807) is 31.3 Å². The fourth-order valence-electron chi connectivity index (χ4n) is 2.84. The number of benzene rings is 1. The SMILES string of the molecule is C#CCN1CCC(C(=O)N(C)CC(=O)Nc2cccc(Cl)c2)CC1. The molecule has 1 aliphatic heterocycles. The lowest BCUT2D eigenvalue weighted by Gasteiger charge is -2.31. The van der Waals surface area contributed by atoms with E-state index in [0.717, 1.165) is 25.9 Å². The van der Waals surface area contributed by atoms with Crippen LogP contribution in [-0.4, -0.2) is 54.8 Å². The van der Waals surface area contributed by atoms with Crippen LogP contribution in [0.3, 0.4) is 0 Å². The van der Waals surface area contributed by atoms with E-state index >= 15 is 0 Å². The Hall–Kier alpha value is -2.03. The van der Waals surface area contributed by atoms with E-state index in [1.807, 2.05) is 0 Å². The lowest BCUT2D eigenvalue weighted by atomic mass is 9.95. The van der Waals surface area contributed by atoms with Gasteiger partial charge in [-0.05, 0) is 44.1 Å². The molecule has 1 aliphatic rings. The summed E-state index contributed by atoms with van der Waals surface area (Å²) in [6.45, 7) is 2.29. The maximum atomic E-state index is 12.5. The molecule has 2 amide bonds. The van der Waals surface area contributed by atoms with Gasteiger partial charge in [0, 0.05) is 23.7 Å². The molecule has 1 N–H and O–H groups in total. The van der Waals surface area contributed by atoms with Crippen molar-refractivity contribution in [2.45, 2.75) is 12.8 Å². The molecule has 0 saturated carbocycles. The molecule has 0 unspecified atom stereocenters. The summed E-state index contributed by atoms with van der Waals surface area (Å²) in [5, 5.41) is 3.30. The zero-order valence-corrected chi connectivity index (χ0v) is 14.6. The minimum atomic E-state index is -0.238. The molecule has 128 valence electrons. The summed E-state index contributed by atoms with van der Waals surface area (Å²) in [5.41, 5.74) is 0.621. The zero-order valence-electron chi connectivity index (χ0n) is 13.8. The molecule has 5 nitrogen and oxygen atoms in total. The first-order chi connectivity index (χ1) is 11.5. The van der Waals surface area contributed by atoms with Crippen LogP contribution in [0.1, 0.15) is 12.8 Å². The van der Waals surface area contributed by atoms with Crippen molar-refractivity contribution in [3.8, 4) is 12.3 Å². The van der Waals surface area contributed by atoms with Crippen molar-refractivity contribution in [2.75, 3.05) is 38.5 Å². The van der Waals surface area contributed by atoms with Crippen molar-refractivity contribution in [1.82, 2.24) is 9.80 Å². The topological polar surface area (TPSA) is 52.7 Å². The van der Waals surface area contributed by atoms with Gasteiger partial charge in [-0.15, -0.1) is 6.42 Å². The second-order valence-corrected chi connectivity index (χ2v) is 6.44. The molecule has 6 heteroatoms. The number of halogens is 1. The lowest BCUT2D eigenvalue weighted by Crippen LogP contribution is -2.43. The fourth-order valence-corrected chi connectivity index (χ4v) is 3.03. The molecule has 1 aromatic carbocycles. The van der Waals surface area contributed by atoms with E-state index in [4.69, 9.17) is 18.0 Å². The zero-order chi connectivity index (χ0) is 17.5. The van der Waals surface area contributed by atoms with Gasteiger partial charge < -0.3 is 10.2 Å². The average molecular weight is 348 g/mol. The van der Waals surface area contributed by atoms with Crippen LogP contribution in [0, 0.1) is 18.3 Å². The van der Waals surface area contributed by atoms with Gasteiger partial charge in [-0.1, -0.05) is 23.6 Å². The van der Waals surface area contributed by atoms with Crippen LogP contribution in [0.2, 0.25) is 5.02 Å². The van der Waals surface area contributed by atoms with Gasteiger partial charge in [0.25, 0.3) is 0 Å². The van der Waals surface area contributed by atoms with Crippen molar-refractivity contribution >= 4 is 29.1 Å². The number of carbonyl (C=O) groups is 2. The summed E-state index contributed by atoms with van der Waals surface area (Å²) in [7, 11) is 1.66. The van der Waals surface area contributed by atoms with E-state index in [2.05, 4.69) is 16.1 Å². The van der Waals surface area contributed by atoms with Crippen LogP contribution in [0.4, 0.5) is 5.69 Å². The van der Waals surface area contributed by atoms with Crippen LogP contribution < -0.4 is 5.32 Å². The predicted octanol–water partition coefficient (Wildman–Crippen LogP) is 2.08. The lowest BCUT2D eigenvalue weighted by molar-refractivity contribution is -0.138. The highest BCUT2D eigenvalue weighted by molar-refractivity contribution is 6.30. The highest BCUT2D eigenvalue weighted by Crippen LogP contribution is 2.19. The van der Waals surface area contributed by atoms with Gasteiger partial charge in [-0.3, -0.25) is 14.5 Å². The Labute approximate surface area is 147 Å². The number of likely N-dealkylation sites (N-methyl/N-ethyl adjacent to an activating group) is 1. The third-order valence-electron chi connectivity index (χ3n) is 4.12. The van der Waals surface area contributed by atoms with E-state index in [9.17, 15) is 9.59 Å². The number of piperidine rings is 1. The molecule has 0 aliphatic carbocycles. The minimum absolute atomic E-state index is 0.0107. The fraction of sp³-hybridized carbons (Fsp3) is 0.444. The molecule has 0 aromatic heterocycles. The van der Waals surface area contributed by atoms with Gasteiger partial charge in [0.15, 0.2) is 0 Å². The summed E-state index contributed by atoms with van der Waals surface area (Å²) in [6, 6.07) is 6.92. The Balaban J connectivity index is 1.81. The van der Waals surface area contributed by atoms with Crippen molar-refractivity contribution in [2.24, 2.45) is 5.92 Å². The van der Waals surface area contributed by atoms with E-state index in [0.29, 0.717) is 17.3 Å². The molecule has 24 heavy (non-hydrogen) atoms. The molecule has 0 bridgehead atoms. The van der Waals surface area contributed by atoms with Gasteiger partial charge in [-0.2, -0.15) is 0 Å². The molecule has 0 spiro atoms. The van der Waals surface area contributed by atoms with Crippen LogP contribution in [0.25, 0.3) is 0 Å². The number of rotatable bonds is 5. The molecule has 0 radical (unpaired) electrons. The third kappa shape index (κ3) is 5.26. The molecule has 1 fully saturated rings. The number of amides is 2. The molecular weight excluding hydrogens is 326 g/mol. The van der Waals surface area contributed by atoms with Crippen LogP contribution in [0.5, 0.6) is 0 Å². The van der Waals surface area contributed by atoms with Gasteiger partial charge in [0.1, 0.15) is 0 Å². The molecule has 1 saturated heterocycles. The first-order valence-electron chi connectivity index (χ1n) is 7.96. The second-order valence-electron chi connectivity index (χ2n) is 6.01. The van der Waals surface area contributed by atoms with E-state index < -0.39 is 0 Å². The Morgan fingerprint density at radius 1 is 1.42 bits per heavy atom. The van der Waals surface area contributed by atoms with Crippen LogP contribution in [-0.2, 0) is 9.59 Å². The van der Waals surface area contributed by atoms with Gasteiger partial charge >= 0.3 is 0 Å². The average Bonchev–Trinajstić information content (AvgIpc) is 2.55. The Morgan fingerprint density at radius 3 is 2.75 bits per heavy atom. The number of hydrogen-bond donors (Lipinski definition) is 1.